The Hall–Kier alpha value is -3.35. The Balaban J connectivity index is 1.72. The maximum absolute atomic E-state index is 13.2. The Labute approximate surface area is 188 Å². The maximum atomic E-state index is 13.2. The van der Waals surface area contributed by atoms with Crippen molar-refractivity contribution in [3.05, 3.63) is 94.5 Å². The van der Waals surface area contributed by atoms with E-state index in [1.54, 1.807) is 37.3 Å². The van der Waals surface area contributed by atoms with Crippen LogP contribution in [0.15, 0.2) is 88.2 Å². The summed E-state index contributed by atoms with van der Waals surface area (Å²) in [4.78, 5) is 40.9. The average molecular weight is 449 g/mol. The molecule has 1 fully saturated rings. The minimum Gasteiger partial charge on any atom is -0.273 e. The SMILES string of the molecule is Cc1ccccc1N1C(=O)NC(=O)/C(=C/c2ccccc2Sc2ccc(Cl)cc2)C1=O. The number of urea groups is 1. The molecule has 0 bridgehead atoms. The second kappa shape index (κ2) is 8.79. The van der Waals surface area contributed by atoms with Gasteiger partial charge < -0.3 is 0 Å². The van der Waals surface area contributed by atoms with Crippen molar-refractivity contribution in [2.45, 2.75) is 16.7 Å². The standard InChI is InChI=1S/C24H17ClN2O3S/c1-15-6-2-4-8-20(15)27-23(29)19(22(28)26-24(27)30)14-16-7-3-5-9-21(16)31-18-12-10-17(25)11-13-18/h2-14H,1H3,(H,26,28,30)/b19-14-. The largest absolute Gasteiger partial charge is 0.335 e. The van der Waals surface area contributed by atoms with Gasteiger partial charge in [0.05, 0.1) is 5.69 Å². The Bertz CT molecular complexity index is 1220. The van der Waals surface area contributed by atoms with Gasteiger partial charge in [-0.3, -0.25) is 14.9 Å². The number of imide groups is 2. The summed E-state index contributed by atoms with van der Waals surface area (Å²) in [7, 11) is 0. The molecule has 0 atom stereocenters. The Morgan fingerprint density at radius 3 is 2.32 bits per heavy atom. The van der Waals surface area contributed by atoms with Gasteiger partial charge in [-0.05, 0) is 60.5 Å². The van der Waals surface area contributed by atoms with Gasteiger partial charge in [-0.1, -0.05) is 59.8 Å². The second-order valence-corrected chi connectivity index (χ2v) is 8.39. The highest BCUT2D eigenvalue weighted by Gasteiger charge is 2.37. The van der Waals surface area contributed by atoms with Crippen LogP contribution in [0.5, 0.6) is 0 Å². The Morgan fingerprint density at radius 1 is 0.903 bits per heavy atom. The van der Waals surface area contributed by atoms with E-state index in [2.05, 4.69) is 5.32 Å². The number of rotatable bonds is 4. The van der Waals surface area contributed by atoms with E-state index >= 15 is 0 Å². The monoisotopic (exact) mass is 448 g/mol. The fraction of sp³-hybridized carbons (Fsp3) is 0.0417. The highest BCUT2D eigenvalue weighted by atomic mass is 35.5. The molecule has 1 aliphatic rings. The molecule has 31 heavy (non-hydrogen) atoms. The number of nitrogens with one attached hydrogen (secondary N) is 1. The number of nitrogens with zero attached hydrogens (tertiary/aromatic N) is 1. The smallest absolute Gasteiger partial charge is 0.273 e. The topological polar surface area (TPSA) is 66.5 Å². The van der Waals surface area contributed by atoms with Crippen LogP contribution >= 0.6 is 23.4 Å². The first-order valence-corrected chi connectivity index (χ1v) is 10.6. The molecule has 154 valence electrons. The van der Waals surface area contributed by atoms with Crippen molar-refractivity contribution in [1.29, 1.82) is 0 Å². The Morgan fingerprint density at radius 2 is 1.58 bits per heavy atom. The summed E-state index contributed by atoms with van der Waals surface area (Å²) in [6, 6.07) is 21.1. The molecule has 7 heteroatoms. The molecular formula is C24H17ClN2O3S. The third-order valence-electron chi connectivity index (χ3n) is 4.72. The molecule has 4 rings (SSSR count). The maximum Gasteiger partial charge on any atom is 0.335 e. The van der Waals surface area contributed by atoms with Crippen LogP contribution in [0, 0.1) is 6.92 Å². The van der Waals surface area contributed by atoms with E-state index in [0.29, 0.717) is 16.3 Å². The van der Waals surface area contributed by atoms with Crippen molar-refractivity contribution in [1.82, 2.24) is 5.32 Å². The molecule has 4 amide bonds. The van der Waals surface area contributed by atoms with Crippen LogP contribution in [0.3, 0.4) is 0 Å². The van der Waals surface area contributed by atoms with Crippen molar-refractivity contribution in [2.75, 3.05) is 4.90 Å². The predicted octanol–water partition coefficient (Wildman–Crippen LogP) is 5.47. The zero-order chi connectivity index (χ0) is 22.0. The lowest BCUT2D eigenvalue weighted by Crippen LogP contribution is -2.54. The van der Waals surface area contributed by atoms with Crippen molar-refractivity contribution in [3.63, 3.8) is 0 Å². The number of hydrogen-bond donors (Lipinski definition) is 1. The van der Waals surface area contributed by atoms with Crippen molar-refractivity contribution >= 4 is 53.0 Å². The molecule has 1 N–H and O–H groups in total. The number of benzene rings is 3. The van der Waals surface area contributed by atoms with E-state index in [1.807, 2.05) is 42.5 Å². The lowest BCUT2D eigenvalue weighted by molar-refractivity contribution is -0.122. The van der Waals surface area contributed by atoms with Gasteiger partial charge in [-0.2, -0.15) is 0 Å². The van der Waals surface area contributed by atoms with E-state index in [1.165, 1.54) is 17.8 Å². The lowest BCUT2D eigenvalue weighted by Gasteiger charge is -2.27. The summed E-state index contributed by atoms with van der Waals surface area (Å²) in [5.41, 5.74) is 1.78. The van der Waals surface area contributed by atoms with Crippen molar-refractivity contribution < 1.29 is 14.4 Å². The molecule has 1 saturated heterocycles. The van der Waals surface area contributed by atoms with Crippen LogP contribution in [0.2, 0.25) is 5.02 Å². The number of carbonyl (C=O) groups excluding carboxylic acids is 3. The van der Waals surface area contributed by atoms with Crippen LogP contribution in [0.25, 0.3) is 6.08 Å². The fourth-order valence-corrected chi connectivity index (χ4v) is 4.21. The number of amides is 4. The lowest BCUT2D eigenvalue weighted by atomic mass is 10.1. The first-order valence-electron chi connectivity index (χ1n) is 9.43. The number of barbiturate groups is 1. The van der Waals surface area contributed by atoms with Crippen LogP contribution in [-0.4, -0.2) is 17.8 Å². The molecule has 1 aliphatic heterocycles. The Kier molecular flexibility index (Phi) is 5.93. The first kappa shape index (κ1) is 20.9. The zero-order valence-electron chi connectivity index (χ0n) is 16.5. The third kappa shape index (κ3) is 4.40. The highest BCUT2D eigenvalue weighted by molar-refractivity contribution is 7.99. The number of para-hydroxylation sites is 1. The molecule has 0 unspecified atom stereocenters. The summed E-state index contributed by atoms with van der Waals surface area (Å²) in [6.07, 6.45) is 1.52. The van der Waals surface area contributed by atoms with Crippen LogP contribution in [-0.2, 0) is 9.59 Å². The van der Waals surface area contributed by atoms with Gasteiger partial charge in [0.2, 0.25) is 0 Å². The molecule has 0 aliphatic carbocycles. The average Bonchev–Trinajstić information content (AvgIpc) is 2.75. The molecule has 5 nitrogen and oxygen atoms in total. The summed E-state index contributed by atoms with van der Waals surface area (Å²) in [5.74, 6) is -1.37. The first-order chi connectivity index (χ1) is 14.9. The fourth-order valence-electron chi connectivity index (χ4n) is 3.17. The van der Waals surface area contributed by atoms with Gasteiger partial charge in [0.1, 0.15) is 5.57 Å². The van der Waals surface area contributed by atoms with E-state index in [0.717, 1.165) is 20.3 Å². The molecule has 0 radical (unpaired) electrons. The van der Waals surface area contributed by atoms with Gasteiger partial charge in [-0.25, -0.2) is 9.69 Å². The molecule has 3 aromatic rings. The number of carbonyl (C=O) groups is 3. The molecule has 1 heterocycles. The number of hydrogen-bond acceptors (Lipinski definition) is 4. The second-order valence-electron chi connectivity index (χ2n) is 6.84. The highest BCUT2D eigenvalue weighted by Crippen LogP contribution is 2.33. The minimum atomic E-state index is -0.759. The predicted molar refractivity (Wildman–Crippen MR) is 122 cm³/mol. The zero-order valence-corrected chi connectivity index (χ0v) is 18.0. The van der Waals surface area contributed by atoms with E-state index in [-0.39, 0.29) is 5.57 Å². The van der Waals surface area contributed by atoms with Gasteiger partial charge in [-0.15, -0.1) is 0 Å². The van der Waals surface area contributed by atoms with Gasteiger partial charge in [0, 0.05) is 14.8 Å². The quantitative estimate of drug-likeness (QED) is 0.424. The normalized spacial score (nSPS) is 15.4. The van der Waals surface area contributed by atoms with Crippen molar-refractivity contribution in [2.24, 2.45) is 0 Å². The van der Waals surface area contributed by atoms with E-state index in [9.17, 15) is 14.4 Å². The summed E-state index contributed by atoms with van der Waals surface area (Å²) < 4.78 is 0. The third-order valence-corrected chi connectivity index (χ3v) is 6.07. The van der Waals surface area contributed by atoms with Crippen LogP contribution in [0.4, 0.5) is 10.5 Å². The van der Waals surface area contributed by atoms with Crippen LogP contribution in [0.1, 0.15) is 11.1 Å². The van der Waals surface area contributed by atoms with Gasteiger partial charge in [0.15, 0.2) is 0 Å². The van der Waals surface area contributed by atoms with Gasteiger partial charge >= 0.3 is 6.03 Å². The van der Waals surface area contributed by atoms with E-state index in [4.69, 9.17) is 11.6 Å². The van der Waals surface area contributed by atoms with E-state index < -0.39 is 17.8 Å². The number of halogens is 1. The summed E-state index contributed by atoms with van der Waals surface area (Å²) in [6.45, 7) is 1.80. The van der Waals surface area contributed by atoms with Gasteiger partial charge in [0.25, 0.3) is 11.8 Å². The summed E-state index contributed by atoms with van der Waals surface area (Å²) in [5, 5.41) is 2.91. The number of aryl methyl sites for hydroxylation is 1. The van der Waals surface area contributed by atoms with Crippen LogP contribution < -0.4 is 10.2 Å². The molecule has 0 aromatic heterocycles. The minimum absolute atomic E-state index is 0.105. The number of anilines is 1. The molecular weight excluding hydrogens is 432 g/mol. The summed E-state index contributed by atoms with van der Waals surface area (Å²) >= 11 is 7.45. The molecule has 3 aromatic carbocycles. The molecule has 0 spiro atoms. The molecule has 0 saturated carbocycles. The van der Waals surface area contributed by atoms with Crippen molar-refractivity contribution in [3.8, 4) is 0 Å².